The average molecular weight is 201 g/mol. The minimum absolute atomic E-state index is 0.0237. The van der Waals surface area contributed by atoms with Crippen molar-refractivity contribution in [2.45, 2.75) is 6.10 Å². The van der Waals surface area contributed by atoms with E-state index in [1.807, 2.05) is 0 Å². The Balaban J connectivity index is 3.02. The Hall–Kier alpha value is -1.00. The van der Waals surface area contributed by atoms with Crippen LogP contribution in [-0.4, -0.2) is 20.7 Å². The van der Waals surface area contributed by atoms with Crippen molar-refractivity contribution in [3.05, 3.63) is 35.4 Å². The number of methoxy groups -OCH3 is 1. The number of hydrogen-bond acceptors (Lipinski definition) is 2. The smallest absolute Gasteiger partial charge is 0.132 e. The van der Waals surface area contributed by atoms with Crippen LogP contribution in [0.1, 0.15) is 11.7 Å². The molecule has 1 aromatic carbocycles. The van der Waals surface area contributed by atoms with Gasteiger partial charge >= 0.3 is 0 Å². The van der Waals surface area contributed by atoms with Crippen LogP contribution >= 0.6 is 0 Å². The van der Waals surface area contributed by atoms with E-state index in [0.717, 1.165) is 0 Å². The van der Waals surface area contributed by atoms with Gasteiger partial charge in [0.1, 0.15) is 17.7 Å². The second kappa shape index (κ2) is 5.02. The summed E-state index contributed by atoms with van der Waals surface area (Å²) in [6, 6.07) is 3.78. The minimum Gasteiger partial charge on any atom is -0.375 e. The second-order valence-electron chi connectivity index (χ2n) is 2.92. The molecule has 1 N–H and O–H groups in total. The third kappa shape index (κ3) is 2.27. The van der Waals surface area contributed by atoms with Crippen LogP contribution in [-0.2, 0) is 4.74 Å². The van der Waals surface area contributed by atoms with E-state index in [2.05, 4.69) is 5.32 Å². The molecule has 1 unspecified atom stereocenters. The predicted octanol–water partition coefficient (Wildman–Crippen LogP) is 1.87. The van der Waals surface area contributed by atoms with Gasteiger partial charge in [-0.25, -0.2) is 8.78 Å². The zero-order valence-corrected chi connectivity index (χ0v) is 8.18. The van der Waals surface area contributed by atoms with Gasteiger partial charge in [0, 0.05) is 13.7 Å². The lowest BCUT2D eigenvalue weighted by molar-refractivity contribution is 0.0975. The molecule has 1 aromatic rings. The first-order valence-corrected chi connectivity index (χ1v) is 4.32. The number of rotatable bonds is 4. The first-order valence-electron chi connectivity index (χ1n) is 4.32. The van der Waals surface area contributed by atoms with E-state index in [1.165, 1.54) is 25.3 Å². The molecule has 0 bridgehead atoms. The van der Waals surface area contributed by atoms with Crippen molar-refractivity contribution < 1.29 is 13.5 Å². The lowest BCUT2D eigenvalue weighted by atomic mass is 10.1. The molecule has 0 heterocycles. The van der Waals surface area contributed by atoms with Gasteiger partial charge < -0.3 is 10.1 Å². The Labute approximate surface area is 81.9 Å². The van der Waals surface area contributed by atoms with Crippen molar-refractivity contribution in [1.82, 2.24) is 5.32 Å². The molecule has 0 aromatic heterocycles. The molecule has 0 fully saturated rings. The summed E-state index contributed by atoms with van der Waals surface area (Å²) < 4.78 is 31.5. The molecule has 4 heteroatoms. The van der Waals surface area contributed by atoms with Gasteiger partial charge in [0.2, 0.25) is 0 Å². The molecular formula is C10H13F2NO. The Morgan fingerprint density at radius 2 is 1.93 bits per heavy atom. The number of hydrogen-bond donors (Lipinski definition) is 1. The largest absolute Gasteiger partial charge is 0.375 e. The summed E-state index contributed by atoms with van der Waals surface area (Å²) in [5, 5.41) is 2.81. The monoisotopic (exact) mass is 201 g/mol. The first-order chi connectivity index (χ1) is 6.70. The summed E-state index contributed by atoms with van der Waals surface area (Å²) >= 11 is 0. The first kappa shape index (κ1) is 11.1. The summed E-state index contributed by atoms with van der Waals surface area (Å²) in [5.41, 5.74) is -0.0237. The highest BCUT2D eigenvalue weighted by molar-refractivity contribution is 5.22. The number of ether oxygens (including phenoxy) is 1. The number of likely N-dealkylation sites (N-methyl/N-ethyl adjacent to an activating group) is 1. The predicted molar refractivity (Wildman–Crippen MR) is 50.0 cm³/mol. The number of halogens is 2. The van der Waals surface area contributed by atoms with E-state index in [0.29, 0.717) is 6.54 Å². The highest BCUT2D eigenvalue weighted by atomic mass is 19.1. The Morgan fingerprint density at radius 1 is 1.36 bits per heavy atom. The van der Waals surface area contributed by atoms with Crippen LogP contribution in [0, 0.1) is 11.6 Å². The van der Waals surface area contributed by atoms with Crippen LogP contribution in [0.3, 0.4) is 0 Å². The number of benzene rings is 1. The van der Waals surface area contributed by atoms with Crippen molar-refractivity contribution in [2.24, 2.45) is 0 Å². The number of nitrogens with one attached hydrogen (secondary N) is 1. The summed E-state index contributed by atoms with van der Waals surface area (Å²) in [6.07, 6.45) is -0.596. The van der Waals surface area contributed by atoms with Gasteiger partial charge in [0.15, 0.2) is 0 Å². The lowest BCUT2D eigenvalue weighted by Crippen LogP contribution is -2.20. The molecule has 0 saturated heterocycles. The third-order valence-corrected chi connectivity index (χ3v) is 2.00. The van der Waals surface area contributed by atoms with Gasteiger partial charge in [0.05, 0.1) is 5.56 Å². The molecule has 1 rings (SSSR count). The van der Waals surface area contributed by atoms with Crippen LogP contribution < -0.4 is 5.32 Å². The molecule has 0 amide bonds. The Morgan fingerprint density at radius 3 is 2.36 bits per heavy atom. The van der Waals surface area contributed by atoms with Crippen molar-refractivity contribution in [3.8, 4) is 0 Å². The van der Waals surface area contributed by atoms with Crippen molar-refractivity contribution in [2.75, 3.05) is 20.7 Å². The third-order valence-electron chi connectivity index (χ3n) is 2.00. The molecule has 14 heavy (non-hydrogen) atoms. The van der Waals surface area contributed by atoms with Gasteiger partial charge in [-0.2, -0.15) is 0 Å². The molecule has 0 aliphatic rings. The van der Waals surface area contributed by atoms with Gasteiger partial charge in [-0.3, -0.25) is 0 Å². The topological polar surface area (TPSA) is 21.3 Å². The maximum Gasteiger partial charge on any atom is 0.132 e. The molecular weight excluding hydrogens is 188 g/mol. The molecule has 0 saturated carbocycles. The molecule has 78 valence electrons. The fourth-order valence-corrected chi connectivity index (χ4v) is 1.31. The van der Waals surface area contributed by atoms with E-state index in [-0.39, 0.29) is 5.56 Å². The molecule has 2 nitrogen and oxygen atoms in total. The summed E-state index contributed by atoms with van der Waals surface area (Å²) in [6.45, 7) is 0.369. The van der Waals surface area contributed by atoms with Crippen LogP contribution in [0.25, 0.3) is 0 Å². The summed E-state index contributed by atoms with van der Waals surface area (Å²) in [7, 11) is 3.12. The Bertz CT molecular complexity index is 284. The molecule has 0 radical (unpaired) electrons. The van der Waals surface area contributed by atoms with E-state index in [1.54, 1.807) is 7.05 Å². The molecule has 0 aliphatic heterocycles. The van der Waals surface area contributed by atoms with Gasteiger partial charge in [-0.15, -0.1) is 0 Å². The minimum atomic E-state index is -0.596. The van der Waals surface area contributed by atoms with Crippen LogP contribution in [0.4, 0.5) is 8.78 Å². The summed E-state index contributed by atoms with van der Waals surface area (Å²) in [4.78, 5) is 0. The van der Waals surface area contributed by atoms with E-state index < -0.39 is 17.7 Å². The molecule has 0 spiro atoms. The van der Waals surface area contributed by atoms with E-state index in [9.17, 15) is 8.78 Å². The van der Waals surface area contributed by atoms with Gasteiger partial charge in [0.25, 0.3) is 0 Å². The van der Waals surface area contributed by atoms with Crippen molar-refractivity contribution in [1.29, 1.82) is 0 Å². The highest BCUT2D eigenvalue weighted by Crippen LogP contribution is 2.22. The van der Waals surface area contributed by atoms with Crippen LogP contribution in [0.15, 0.2) is 18.2 Å². The second-order valence-corrected chi connectivity index (χ2v) is 2.92. The molecule has 0 aliphatic carbocycles. The standard InChI is InChI=1S/C10H13F2NO/c1-13-6-9(14-2)10-7(11)4-3-5-8(10)12/h3-5,9,13H,6H2,1-2H3. The Kier molecular flexibility index (Phi) is 3.98. The zero-order chi connectivity index (χ0) is 10.6. The fraction of sp³-hybridized carbons (Fsp3) is 0.400. The maximum absolute atomic E-state index is 13.3. The normalized spacial score (nSPS) is 12.9. The van der Waals surface area contributed by atoms with Crippen molar-refractivity contribution in [3.63, 3.8) is 0 Å². The fourth-order valence-electron chi connectivity index (χ4n) is 1.31. The maximum atomic E-state index is 13.3. The highest BCUT2D eigenvalue weighted by Gasteiger charge is 2.18. The van der Waals surface area contributed by atoms with E-state index >= 15 is 0 Å². The summed E-state index contributed by atoms with van der Waals surface area (Å²) in [5.74, 6) is -1.15. The van der Waals surface area contributed by atoms with Crippen molar-refractivity contribution >= 4 is 0 Å². The molecule has 1 atom stereocenters. The quantitative estimate of drug-likeness (QED) is 0.803. The SMILES string of the molecule is CNCC(OC)c1c(F)cccc1F. The van der Waals surface area contributed by atoms with E-state index in [4.69, 9.17) is 4.74 Å². The lowest BCUT2D eigenvalue weighted by Gasteiger charge is -2.16. The zero-order valence-electron chi connectivity index (χ0n) is 8.18. The van der Waals surface area contributed by atoms with Gasteiger partial charge in [-0.05, 0) is 19.2 Å². The average Bonchev–Trinajstić information content (AvgIpc) is 2.16. The van der Waals surface area contributed by atoms with Crippen LogP contribution in [0.2, 0.25) is 0 Å². The van der Waals surface area contributed by atoms with Crippen LogP contribution in [0.5, 0.6) is 0 Å². The van der Waals surface area contributed by atoms with Gasteiger partial charge in [-0.1, -0.05) is 6.07 Å².